The minimum atomic E-state index is -0.192. The van der Waals surface area contributed by atoms with Crippen LogP contribution in [0, 0.1) is 6.92 Å². The first kappa shape index (κ1) is 24.6. The Labute approximate surface area is 219 Å². The van der Waals surface area contributed by atoms with Crippen molar-refractivity contribution in [2.75, 3.05) is 6.61 Å². The van der Waals surface area contributed by atoms with Gasteiger partial charge in [-0.3, -0.25) is 4.79 Å². The second-order valence-electron chi connectivity index (χ2n) is 7.40. The smallest absolute Gasteiger partial charge is 0.264 e. The molecule has 1 heterocycles. The fraction of sp³-hybridized carbons (Fsp3) is 0.154. The number of hydrogen-bond donors (Lipinski definition) is 1. The van der Waals surface area contributed by atoms with Crippen molar-refractivity contribution in [3.63, 3.8) is 0 Å². The molecule has 4 rings (SSSR count). The zero-order chi connectivity index (χ0) is 24.1. The number of carbonyl (C=O) groups is 1. The number of nitrogens with zero attached hydrogens (tertiary/aromatic N) is 1. The molecule has 1 amide bonds. The summed E-state index contributed by atoms with van der Waals surface area (Å²) in [6.45, 7) is 4.80. The Morgan fingerprint density at radius 2 is 1.76 bits per heavy atom. The molecule has 0 unspecified atom stereocenters. The zero-order valence-corrected chi connectivity index (χ0v) is 22.6. The zero-order valence-electron chi connectivity index (χ0n) is 18.6. The van der Waals surface area contributed by atoms with Crippen molar-refractivity contribution in [2.24, 2.45) is 4.99 Å². The van der Waals surface area contributed by atoms with Gasteiger partial charge in [0.15, 0.2) is 16.7 Å². The summed E-state index contributed by atoms with van der Waals surface area (Å²) in [4.78, 5) is 17.8. The van der Waals surface area contributed by atoms with Crippen molar-refractivity contribution in [3.8, 4) is 11.5 Å². The van der Waals surface area contributed by atoms with Crippen molar-refractivity contribution in [1.82, 2.24) is 5.32 Å². The molecule has 0 bridgehead atoms. The highest BCUT2D eigenvalue weighted by Gasteiger charge is 2.25. The first-order valence-electron chi connectivity index (χ1n) is 10.6. The fourth-order valence-corrected chi connectivity index (χ4v) is 5.03. The van der Waals surface area contributed by atoms with Crippen molar-refractivity contribution in [2.45, 2.75) is 20.5 Å². The molecule has 5 nitrogen and oxygen atoms in total. The number of para-hydroxylation sites is 1. The van der Waals surface area contributed by atoms with Crippen LogP contribution in [0.3, 0.4) is 0 Å². The molecule has 0 spiro atoms. The van der Waals surface area contributed by atoms with Crippen LogP contribution in [-0.4, -0.2) is 17.7 Å². The SMILES string of the molecule is CCOc1cc(/C=C2/SC(=Nc3ccccc3C)NC2=O)c(Br)c(Br)c1OCc1ccccc1. The lowest BCUT2D eigenvalue weighted by atomic mass is 10.1. The predicted molar refractivity (Wildman–Crippen MR) is 146 cm³/mol. The number of hydrogen-bond acceptors (Lipinski definition) is 5. The van der Waals surface area contributed by atoms with E-state index in [0.717, 1.165) is 31.3 Å². The van der Waals surface area contributed by atoms with E-state index in [2.05, 4.69) is 42.2 Å². The molecule has 0 aromatic heterocycles. The number of aliphatic imine (C=N–C) groups is 1. The highest BCUT2D eigenvalue weighted by molar-refractivity contribution is 9.13. The number of amidine groups is 1. The third-order valence-corrected chi connectivity index (χ3v) is 8.01. The highest BCUT2D eigenvalue weighted by Crippen LogP contribution is 2.44. The van der Waals surface area contributed by atoms with Crippen molar-refractivity contribution in [3.05, 3.63) is 91.2 Å². The minimum absolute atomic E-state index is 0.192. The average molecular weight is 602 g/mol. The molecule has 34 heavy (non-hydrogen) atoms. The Hall–Kier alpha value is -2.55. The number of thioether (sulfide) groups is 1. The van der Waals surface area contributed by atoms with E-state index >= 15 is 0 Å². The highest BCUT2D eigenvalue weighted by atomic mass is 79.9. The summed E-state index contributed by atoms with van der Waals surface area (Å²) in [5.41, 5.74) is 3.71. The maximum atomic E-state index is 12.6. The normalized spacial score (nSPS) is 15.6. The molecule has 1 N–H and O–H groups in total. The summed E-state index contributed by atoms with van der Waals surface area (Å²) < 4.78 is 13.5. The van der Waals surface area contributed by atoms with Crippen LogP contribution in [-0.2, 0) is 11.4 Å². The number of rotatable bonds is 7. The molecule has 8 heteroatoms. The molecular weight excluding hydrogens is 580 g/mol. The van der Waals surface area contributed by atoms with Gasteiger partial charge in [-0.25, -0.2) is 4.99 Å². The molecule has 0 atom stereocenters. The molecule has 0 radical (unpaired) electrons. The van der Waals surface area contributed by atoms with Gasteiger partial charge in [-0.1, -0.05) is 48.5 Å². The number of ether oxygens (including phenoxy) is 2. The van der Waals surface area contributed by atoms with Crippen LogP contribution in [0.25, 0.3) is 6.08 Å². The summed E-state index contributed by atoms with van der Waals surface area (Å²) in [6.07, 6.45) is 1.82. The molecule has 1 fully saturated rings. The summed E-state index contributed by atoms with van der Waals surface area (Å²) in [5.74, 6) is 1.00. The van der Waals surface area contributed by atoms with E-state index in [0.29, 0.717) is 34.8 Å². The Balaban J connectivity index is 1.62. The second kappa shape index (κ2) is 11.3. The number of nitrogens with one attached hydrogen (secondary N) is 1. The quantitative estimate of drug-likeness (QED) is 0.287. The van der Waals surface area contributed by atoms with Gasteiger partial charge < -0.3 is 14.8 Å². The summed E-state index contributed by atoms with van der Waals surface area (Å²) in [7, 11) is 0. The Bertz CT molecular complexity index is 1280. The standard InChI is InChI=1S/C26H22Br2N2O3S/c1-3-32-20-13-18(22(27)23(28)24(20)33-15-17-10-5-4-6-11-17)14-21-25(31)30-26(34-21)29-19-12-8-7-9-16(19)2/h4-14H,3,15H2,1-2H3,(H,29,30,31)/b21-14+. The predicted octanol–water partition coefficient (Wildman–Crippen LogP) is 7.39. The van der Waals surface area contributed by atoms with E-state index in [4.69, 9.17) is 9.47 Å². The number of aryl methyl sites for hydroxylation is 1. The second-order valence-corrected chi connectivity index (χ2v) is 10.0. The third-order valence-electron chi connectivity index (χ3n) is 4.96. The number of carbonyl (C=O) groups excluding carboxylic acids is 1. The largest absolute Gasteiger partial charge is 0.490 e. The number of benzene rings is 3. The summed E-state index contributed by atoms with van der Waals surface area (Å²) in [6, 6.07) is 19.6. The molecule has 1 aliphatic rings. The lowest BCUT2D eigenvalue weighted by Crippen LogP contribution is -2.19. The molecular formula is C26H22Br2N2O3S. The lowest BCUT2D eigenvalue weighted by Gasteiger charge is -2.16. The molecule has 3 aromatic rings. The maximum absolute atomic E-state index is 12.6. The average Bonchev–Trinajstić information content (AvgIpc) is 3.18. The molecule has 0 aliphatic carbocycles. The van der Waals surface area contributed by atoms with Crippen molar-refractivity contribution >= 4 is 66.5 Å². The van der Waals surface area contributed by atoms with E-state index < -0.39 is 0 Å². The van der Waals surface area contributed by atoms with E-state index in [-0.39, 0.29) is 5.91 Å². The van der Waals surface area contributed by atoms with Gasteiger partial charge >= 0.3 is 0 Å². The van der Waals surface area contributed by atoms with Crippen LogP contribution < -0.4 is 14.8 Å². The van der Waals surface area contributed by atoms with E-state index in [1.807, 2.05) is 80.6 Å². The topological polar surface area (TPSA) is 59.9 Å². The van der Waals surface area contributed by atoms with Crippen LogP contribution in [0.2, 0.25) is 0 Å². The monoisotopic (exact) mass is 600 g/mol. The Kier molecular flexibility index (Phi) is 8.13. The molecule has 1 saturated heterocycles. The van der Waals surface area contributed by atoms with Crippen molar-refractivity contribution < 1.29 is 14.3 Å². The van der Waals surface area contributed by atoms with Gasteiger partial charge in [-0.05, 0) is 92.4 Å². The minimum Gasteiger partial charge on any atom is -0.490 e. The number of amides is 1. The molecule has 0 saturated carbocycles. The van der Waals surface area contributed by atoms with Gasteiger partial charge in [0.05, 0.1) is 21.7 Å². The first-order valence-corrected chi connectivity index (χ1v) is 13.0. The summed E-state index contributed by atoms with van der Waals surface area (Å²) in [5, 5.41) is 3.40. The van der Waals surface area contributed by atoms with Crippen LogP contribution >= 0.6 is 43.6 Å². The van der Waals surface area contributed by atoms with Crippen LogP contribution in [0.1, 0.15) is 23.6 Å². The Morgan fingerprint density at radius 3 is 2.50 bits per heavy atom. The summed E-state index contributed by atoms with van der Waals surface area (Å²) >= 11 is 8.60. The van der Waals surface area contributed by atoms with Gasteiger partial charge in [0.25, 0.3) is 5.91 Å². The van der Waals surface area contributed by atoms with Gasteiger partial charge in [-0.15, -0.1) is 0 Å². The van der Waals surface area contributed by atoms with Crippen LogP contribution in [0.4, 0.5) is 5.69 Å². The first-order chi connectivity index (χ1) is 16.5. The third kappa shape index (κ3) is 5.74. The van der Waals surface area contributed by atoms with Gasteiger partial charge in [-0.2, -0.15) is 0 Å². The molecule has 174 valence electrons. The van der Waals surface area contributed by atoms with Crippen LogP contribution in [0.15, 0.2) is 79.5 Å². The lowest BCUT2D eigenvalue weighted by molar-refractivity contribution is -0.115. The van der Waals surface area contributed by atoms with E-state index in [1.165, 1.54) is 11.8 Å². The van der Waals surface area contributed by atoms with E-state index in [9.17, 15) is 4.79 Å². The molecule has 3 aromatic carbocycles. The van der Waals surface area contributed by atoms with Gasteiger partial charge in [0.1, 0.15) is 6.61 Å². The molecule has 1 aliphatic heterocycles. The van der Waals surface area contributed by atoms with Crippen molar-refractivity contribution in [1.29, 1.82) is 0 Å². The van der Waals surface area contributed by atoms with E-state index in [1.54, 1.807) is 0 Å². The van der Waals surface area contributed by atoms with Crippen LogP contribution in [0.5, 0.6) is 11.5 Å². The van der Waals surface area contributed by atoms with Gasteiger partial charge in [0.2, 0.25) is 0 Å². The maximum Gasteiger partial charge on any atom is 0.264 e. The van der Waals surface area contributed by atoms with Gasteiger partial charge in [0, 0.05) is 4.47 Å². The fourth-order valence-electron chi connectivity index (χ4n) is 3.26. The Morgan fingerprint density at radius 1 is 1.03 bits per heavy atom. The number of halogens is 2.